The molecule has 6 heavy (non-hydrogen) atoms. The SMILES string of the molecule is N/C=C\S(=O)O. The molecule has 0 fully saturated rings. The van der Waals surface area contributed by atoms with Gasteiger partial charge >= 0.3 is 0 Å². The van der Waals surface area contributed by atoms with E-state index in [1.807, 2.05) is 0 Å². The molecule has 0 aromatic heterocycles. The molecule has 0 aliphatic rings. The van der Waals surface area contributed by atoms with E-state index in [0.29, 0.717) is 0 Å². The Morgan fingerprint density at radius 2 is 2.33 bits per heavy atom. The van der Waals surface area contributed by atoms with Crippen molar-refractivity contribution in [3.8, 4) is 0 Å². The van der Waals surface area contributed by atoms with E-state index in [-0.39, 0.29) is 0 Å². The molecule has 0 radical (unpaired) electrons. The van der Waals surface area contributed by atoms with Gasteiger partial charge in [0.2, 0.25) is 0 Å². The molecule has 0 aliphatic heterocycles. The van der Waals surface area contributed by atoms with Crippen molar-refractivity contribution in [1.82, 2.24) is 0 Å². The van der Waals surface area contributed by atoms with Crippen molar-refractivity contribution in [2.45, 2.75) is 0 Å². The van der Waals surface area contributed by atoms with Crippen LogP contribution >= 0.6 is 0 Å². The fourth-order valence-electron chi connectivity index (χ4n) is 0.0672. The zero-order valence-corrected chi connectivity index (χ0v) is 3.81. The molecule has 0 aliphatic carbocycles. The van der Waals surface area contributed by atoms with Crippen LogP contribution in [0, 0.1) is 0 Å². The van der Waals surface area contributed by atoms with Gasteiger partial charge in [0.05, 0.1) is 0 Å². The van der Waals surface area contributed by atoms with E-state index >= 15 is 0 Å². The summed E-state index contributed by atoms with van der Waals surface area (Å²) in [6.07, 6.45) is 1.02. The monoisotopic (exact) mass is 107 g/mol. The fourth-order valence-corrected chi connectivity index (χ4v) is 0.202. The average molecular weight is 107 g/mol. The molecule has 0 bridgehead atoms. The fraction of sp³-hybridized carbons (Fsp3) is 0. The topological polar surface area (TPSA) is 63.3 Å². The van der Waals surface area contributed by atoms with Gasteiger partial charge in [0, 0.05) is 11.6 Å². The highest BCUT2D eigenvalue weighted by atomic mass is 32.2. The molecule has 0 saturated carbocycles. The molecule has 1 atom stereocenters. The Bertz CT molecular complexity index is 79.6. The zero-order chi connectivity index (χ0) is 4.99. The van der Waals surface area contributed by atoms with Gasteiger partial charge in [-0.1, -0.05) is 0 Å². The quantitative estimate of drug-likeness (QED) is 0.450. The van der Waals surface area contributed by atoms with Gasteiger partial charge in [0.25, 0.3) is 0 Å². The highest BCUT2D eigenvalue weighted by molar-refractivity contribution is 7.82. The first-order valence-corrected chi connectivity index (χ1v) is 2.42. The standard InChI is InChI=1S/C2H5NO2S/c3-1-2-6(4)5/h1-2H,3H2,(H,4,5)/b2-1-. The van der Waals surface area contributed by atoms with Gasteiger partial charge in [-0.2, -0.15) is 0 Å². The lowest BCUT2D eigenvalue weighted by Gasteiger charge is -1.70. The highest BCUT2D eigenvalue weighted by Crippen LogP contribution is 1.68. The summed E-state index contributed by atoms with van der Waals surface area (Å²) in [7, 11) is 0. The molecular weight excluding hydrogens is 102 g/mol. The van der Waals surface area contributed by atoms with Crippen LogP contribution in [-0.4, -0.2) is 8.76 Å². The highest BCUT2D eigenvalue weighted by Gasteiger charge is 1.72. The second-order valence-corrected chi connectivity index (χ2v) is 1.43. The van der Waals surface area contributed by atoms with Gasteiger partial charge in [-0.25, -0.2) is 4.21 Å². The van der Waals surface area contributed by atoms with E-state index in [9.17, 15) is 4.21 Å². The van der Waals surface area contributed by atoms with E-state index in [0.717, 1.165) is 11.6 Å². The van der Waals surface area contributed by atoms with E-state index in [1.54, 1.807) is 0 Å². The maximum absolute atomic E-state index is 9.54. The van der Waals surface area contributed by atoms with Crippen LogP contribution in [0.25, 0.3) is 0 Å². The molecule has 0 heterocycles. The van der Waals surface area contributed by atoms with Crippen molar-refractivity contribution >= 4 is 11.1 Å². The van der Waals surface area contributed by atoms with Gasteiger partial charge in [0.1, 0.15) is 0 Å². The summed E-state index contributed by atoms with van der Waals surface area (Å²) in [5, 5.41) is 0.972. The maximum Gasteiger partial charge on any atom is 0.180 e. The third-order valence-corrected chi connectivity index (χ3v) is 0.585. The summed E-state index contributed by atoms with van der Waals surface area (Å²) in [5.41, 5.74) is 4.70. The Morgan fingerprint density at radius 3 is 2.33 bits per heavy atom. The smallest absolute Gasteiger partial charge is 0.180 e. The molecule has 3 N–H and O–H groups in total. The normalized spacial score (nSPS) is 15.5. The summed E-state index contributed by atoms with van der Waals surface area (Å²) < 4.78 is 17.4. The Hall–Kier alpha value is -0.350. The largest absolute Gasteiger partial charge is 0.404 e. The minimum absolute atomic E-state index is 0.972. The maximum atomic E-state index is 9.54. The summed E-state index contributed by atoms with van der Waals surface area (Å²) in [5.74, 6) is 0. The molecular formula is C2H5NO2S. The van der Waals surface area contributed by atoms with E-state index < -0.39 is 11.1 Å². The molecule has 0 aromatic rings. The van der Waals surface area contributed by atoms with Crippen molar-refractivity contribution in [1.29, 1.82) is 0 Å². The Labute approximate surface area is 38.1 Å². The predicted molar refractivity (Wildman–Crippen MR) is 24.1 cm³/mol. The van der Waals surface area contributed by atoms with E-state index in [1.165, 1.54) is 0 Å². The third kappa shape index (κ3) is 3.65. The van der Waals surface area contributed by atoms with Gasteiger partial charge in [-0.05, 0) is 0 Å². The molecule has 0 aromatic carbocycles. The average Bonchev–Trinajstić information content (AvgIpc) is 1.35. The van der Waals surface area contributed by atoms with Gasteiger partial charge in [0.15, 0.2) is 11.1 Å². The lowest BCUT2D eigenvalue weighted by Crippen LogP contribution is -1.81. The predicted octanol–water partition coefficient (Wildman–Crippen LogP) is -0.362. The molecule has 36 valence electrons. The number of hydrogen-bond donors (Lipinski definition) is 2. The van der Waals surface area contributed by atoms with Crippen LogP contribution in [0.1, 0.15) is 0 Å². The molecule has 4 heteroatoms. The van der Waals surface area contributed by atoms with Crippen molar-refractivity contribution in [3.63, 3.8) is 0 Å². The second kappa shape index (κ2) is 2.87. The molecule has 0 rings (SSSR count). The van der Waals surface area contributed by atoms with E-state index in [4.69, 9.17) is 10.3 Å². The van der Waals surface area contributed by atoms with Crippen LogP contribution in [0.2, 0.25) is 0 Å². The van der Waals surface area contributed by atoms with Gasteiger partial charge in [-0.3, -0.25) is 0 Å². The number of rotatable bonds is 1. The minimum Gasteiger partial charge on any atom is -0.404 e. The van der Waals surface area contributed by atoms with Crippen molar-refractivity contribution in [2.75, 3.05) is 0 Å². The molecule has 0 saturated heterocycles. The van der Waals surface area contributed by atoms with Crippen LogP contribution in [-0.2, 0) is 11.1 Å². The zero-order valence-electron chi connectivity index (χ0n) is 3.00. The minimum atomic E-state index is -1.87. The van der Waals surface area contributed by atoms with E-state index in [2.05, 4.69) is 0 Å². The number of nitrogens with two attached hydrogens (primary N) is 1. The van der Waals surface area contributed by atoms with Crippen molar-refractivity contribution in [3.05, 3.63) is 11.6 Å². The first-order chi connectivity index (χ1) is 2.77. The first-order valence-electron chi connectivity index (χ1n) is 1.25. The van der Waals surface area contributed by atoms with Crippen LogP contribution < -0.4 is 5.73 Å². The first kappa shape index (κ1) is 5.65. The lowest BCUT2D eigenvalue weighted by atomic mass is 11.1. The summed E-state index contributed by atoms with van der Waals surface area (Å²) in [6, 6.07) is 0. The van der Waals surface area contributed by atoms with Crippen LogP contribution in [0.4, 0.5) is 0 Å². The number of hydrogen-bond acceptors (Lipinski definition) is 2. The van der Waals surface area contributed by atoms with Crippen LogP contribution in [0.15, 0.2) is 11.6 Å². The van der Waals surface area contributed by atoms with Gasteiger partial charge < -0.3 is 10.3 Å². The van der Waals surface area contributed by atoms with Crippen molar-refractivity contribution in [2.24, 2.45) is 5.73 Å². The van der Waals surface area contributed by atoms with Crippen LogP contribution in [0.3, 0.4) is 0 Å². The summed E-state index contributed by atoms with van der Waals surface area (Å²) >= 11 is -1.87. The van der Waals surface area contributed by atoms with Gasteiger partial charge in [-0.15, -0.1) is 0 Å². The second-order valence-electron chi connectivity index (χ2n) is 0.605. The summed E-state index contributed by atoms with van der Waals surface area (Å²) in [6.45, 7) is 0. The Kier molecular flexibility index (Phi) is 2.70. The van der Waals surface area contributed by atoms with Crippen LogP contribution in [0.5, 0.6) is 0 Å². The Balaban J connectivity index is 3.30. The Morgan fingerprint density at radius 1 is 1.83 bits per heavy atom. The molecule has 0 spiro atoms. The molecule has 3 nitrogen and oxygen atoms in total. The lowest BCUT2D eigenvalue weighted by molar-refractivity contribution is 0.574. The summed E-state index contributed by atoms with van der Waals surface area (Å²) in [4.78, 5) is 0. The molecule has 0 amide bonds. The third-order valence-electron chi connectivity index (χ3n) is 0.195. The molecule has 1 unspecified atom stereocenters. The van der Waals surface area contributed by atoms with Crippen molar-refractivity contribution < 1.29 is 8.76 Å².